The summed E-state index contributed by atoms with van der Waals surface area (Å²) in [5.74, 6) is 3.53. The third kappa shape index (κ3) is 0.596. The van der Waals surface area contributed by atoms with Gasteiger partial charge in [0, 0.05) is 11.8 Å². The molecule has 0 aromatic rings. The molecule has 0 spiro atoms. The zero-order valence-corrected chi connectivity index (χ0v) is 7.36. The molecule has 0 aromatic carbocycles. The summed E-state index contributed by atoms with van der Waals surface area (Å²) in [6.07, 6.45) is 7.00. The van der Waals surface area contributed by atoms with Gasteiger partial charge in [0.1, 0.15) is 5.78 Å². The van der Waals surface area contributed by atoms with Crippen molar-refractivity contribution in [1.82, 2.24) is 0 Å². The zero-order valence-electron chi connectivity index (χ0n) is 7.36. The van der Waals surface area contributed by atoms with Crippen molar-refractivity contribution in [2.24, 2.45) is 29.6 Å². The van der Waals surface area contributed by atoms with E-state index in [4.69, 9.17) is 0 Å². The molecule has 5 atom stereocenters. The van der Waals surface area contributed by atoms with Gasteiger partial charge >= 0.3 is 0 Å². The Morgan fingerprint density at radius 3 is 3.08 bits per heavy atom. The van der Waals surface area contributed by atoms with E-state index >= 15 is 0 Å². The van der Waals surface area contributed by atoms with Crippen LogP contribution >= 0.6 is 0 Å². The number of hydrogen-bond donors (Lipinski definition) is 0. The van der Waals surface area contributed by atoms with Crippen LogP contribution in [0, 0.1) is 29.6 Å². The molecule has 2 bridgehead atoms. The van der Waals surface area contributed by atoms with Crippen molar-refractivity contribution in [2.75, 3.05) is 0 Å². The Balaban J connectivity index is 2.00. The van der Waals surface area contributed by atoms with E-state index in [0.29, 0.717) is 23.5 Å². The second-order valence-corrected chi connectivity index (χ2v) is 4.60. The van der Waals surface area contributed by atoms with Gasteiger partial charge in [-0.25, -0.2) is 0 Å². The van der Waals surface area contributed by atoms with Crippen molar-refractivity contribution in [3.63, 3.8) is 0 Å². The first-order valence-corrected chi connectivity index (χ1v) is 4.99. The molecule has 1 nitrogen and oxygen atoms in total. The lowest BCUT2D eigenvalue weighted by molar-refractivity contribution is -0.127. The minimum absolute atomic E-state index is 0.371. The van der Waals surface area contributed by atoms with Crippen LogP contribution in [-0.2, 0) is 4.79 Å². The Bertz CT molecular complexity index is 266. The standard InChI is InChI=1S/C11H14O/c1-6-9-5-10(11(6)12)8-4-2-3-7(8)9/h2,4,6-10H,3,5H2,1H3/t6-,7+,8-,9+,10+/m0/s1. The fourth-order valence-corrected chi connectivity index (χ4v) is 3.64. The highest BCUT2D eigenvalue weighted by Gasteiger charge is 2.55. The number of allylic oxidation sites excluding steroid dienone is 2. The van der Waals surface area contributed by atoms with Gasteiger partial charge in [0.15, 0.2) is 0 Å². The molecule has 0 amide bonds. The van der Waals surface area contributed by atoms with Crippen LogP contribution in [0.1, 0.15) is 19.8 Å². The van der Waals surface area contributed by atoms with Gasteiger partial charge in [-0.05, 0) is 30.6 Å². The molecule has 0 saturated heterocycles. The topological polar surface area (TPSA) is 17.1 Å². The monoisotopic (exact) mass is 162 g/mol. The number of ketones is 1. The summed E-state index contributed by atoms with van der Waals surface area (Å²) in [5, 5.41) is 0. The Hall–Kier alpha value is -0.590. The quantitative estimate of drug-likeness (QED) is 0.498. The van der Waals surface area contributed by atoms with Crippen molar-refractivity contribution in [3.05, 3.63) is 12.2 Å². The van der Waals surface area contributed by atoms with Crippen LogP contribution < -0.4 is 0 Å². The molecular weight excluding hydrogens is 148 g/mol. The van der Waals surface area contributed by atoms with Gasteiger partial charge in [-0.15, -0.1) is 0 Å². The van der Waals surface area contributed by atoms with Gasteiger partial charge in [0.2, 0.25) is 0 Å². The fraction of sp³-hybridized carbons (Fsp3) is 0.727. The molecule has 0 aliphatic heterocycles. The van der Waals surface area contributed by atoms with E-state index in [-0.39, 0.29) is 0 Å². The van der Waals surface area contributed by atoms with Crippen molar-refractivity contribution in [1.29, 1.82) is 0 Å². The average Bonchev–Trinajstić information content (AvgIpc) is 2.63. The summed E-state index contributed by atoms with van der Waals surface area (Å²) in [7, 11) is 0. The molecule has 64 valence electrons. The lowest BCUT2D eigenvalue weighted by atomic mass is 9.75. The smallest absolute Gasteiger partial charge is 0.139 e. The highest BCUT2D eigenvalue weighted by Crippen LogP contribution is 2.56. The van der Waals surface area contributed by atoms with Crippen LogP contribution in [0.4, 0.5) is 0 Å². The van der Waals surface area contributed by atoms with Crippen molar-refractivity contribution in [3.8, 4) is 0 Å². The molecule has 2 fully saturated rings. The molecule has 0 radical (unpaired) electrons. The summed E-state index contributed by atoms with van der Waals surface area (Å²) in [6, 6.07) is 0. The maximum atomic E-state index is 11.7. The van der Waals surface area contributed by atoms with Gasteiger partial charge < -0.3 is 0 Å². The molecule has 3 aliphatic carbocycles. The number of carbonyl (C=O) groups excluding carboxylic acids is 1. The number of hydrogen-bond acceptors (Lipinski definition) is 1. The predicted octanol–water partition coefficient (Wildman–Crippen LogP) is 2.03. The van der Waals surface area contributed by atoms with Crippen molar-refractivity contribution < 1.29 is 4.79 Å². The summed E-state index contributed by atoms with van der Waals surface area (Å²) in [5.41, 5.74) is 0. The summed E-state index contributed by atoms with van der Waals surface area (Å²) < 4.78 is 0. The first-order chi connectivity index (χ1) is 5.79. The van der Waals surface area contributed by atoms with Gasteiger partial charge in [-0.2, -0.15) is 0 Å². The van der Waals surface area contributed by atoms with Crippen molar-refractivity contribution >= 4 is 5.78 Å². The molecular formula is C11H14O. The van der Waals surface area contributed by atoms with E-state index in [2.05, 4.69) is 19.1 Å². The third-order valence-corrected chi connectivity index (χ3v) is 4.26. The maximum Gasteiger partial charge on any atom is 0.139 e. The van der Waals surface area contributed by atoms with E-state index < -0.39 is 0 Å². The molecule has 0 unspecified atom stereocenters. The SMILES string of the molecule is C[C@@H]1C(=O)[C@@H]2C[C@H]1[C@@H]1CC=C[C@@H]12. The molecule has 0 heterocycles. The number of carbonyl (C=O) groups is 1. The number of Topliss-reactive ketones (excluding diaryl/α,β-unsaturated/α-hetero) is 1. The van der Waals surface area contributed by atoms with Crippen LogP contribution in [0.3, 0.4) is 0 Å². The van der Waals surface area contributed by atoms with Gasteiger partial charge in [0.05, 0.1) is 0 Å². The molecule has 2 saturated carbocycles. The largest absolute Gasteiger partial charge is 0.299 e. The average molecular weight is 162 g/mol. The van der Waals surface area contributed by atoms with Gasteiger partial charge in [-0.3, -0.25) is 4.79 Å². The van der Waals surface area contributed by atoms with Gasteiger partial charge in [0.25, 0.3) is 0 Å². The Kier molecular flexibility index (Phi) is 1.15. The predicted molar refractivity (Wildman–Crippen MR) is 46.5 cm³/mol. The molecule has 12 heavy (non-hydrogen) atoms. The molecule has 1 heteroatoms. The highest BCUT2D eigenvalue weighted by molar-refractivity contribution is 5.87. The normalized spacial score (nSPS) is 55.1. The Morgan fingerprint density at radius 1 is 1.42 bits per heavy atom. The summed E-state index contributed by atoms with van der Waals surface area (Å²) in [4.78, 5) is 11.7. The minimum atomic E-state index is 0.371. The lowest BCUT2D eigenvalue weighted by Crippen LogP contribution is -2.30. The van der Waals surface area contributed by atoms with Crippen molar-refractivity contribution in [2.45, 2.75) is 19.8 Å². The molecule has 0 aromatic heterocycles. The molecule has 3 aliphatic rings. The van der Waals surface area contributed by atoms with Crippen LogP contribution in [0.25, 0.3) is 0 Å². The number of rotatable bonds is 0. The molecule has 0 N–H and O–H groups in total. The zero-order chi connectivity index (χ0) is 8.29. The van der Waals surface area contributed by atoms with Crippen LogP contribution in [-0.4, -0.2) is 5.78 Å². The van der Waals surface area contributed by atoms with Crippen LogP contribution in [0.2, 0.25) is 0 Å². The second kappa shape index (κ2) is 2.01. The van der Waals surface area contributed by atoms with E-state index in [9.17, 15) is 4.79 Å². The summed E-state index contributed by atoms with van der Waals surface area (Å²) in [6.45, 7) is 2.13. The molecule has 3 rings (SSSR count). The Labute approximate surface area is 72.8 Å². The van der Waals surface area contributed by atoms with E-state index in [1.165, 1.54) is 12.8 Å². The van der Waals surface area contributed by atoms with Gasteiger partial charge in [-0.1, -0.05) is 19.1 Å². The first-order valence-electron chi connectivity index (χ1n) is 4.99. The third-order valence-electron chi connectivity index (χ3n) is 4.26. The Morgan fingerprint density at radius 2 is 2.25 bits per heavy atom. The van der Waals surface area contributed by atoms with Crippen LogP contribution in [0.5, 0.6) is 0 Å². The first kappa shape index (κ1) is 6.88. The number of fused-ring (bicyclic) bond motifs is 5. The highest BCUT2D eigenvalue weighted by atomic mass is 16.1. The van der Waals surface area contributed by atoms with E-state index in [1.807, 2.05) is 0 Å². The maximum absolute atomic E-state index is 11.7. The fourth-order valence-electron chi connectivity index (χ4n) is 3.64. The van der Waals surface area contributed by atoms with E-state index in [1.54, 1.807) is 0 Å². The second-order valence-electron chi connectivity index (χ2n) is 4.60. The van der Waals surface area contributed by atoms with Crippen LogP contribution in [0.15, 0.2) is 12.2 Å². The van der Waals surface area contributed by atoms with E-state index in [0.717, 1.165) is 11.8 Å². The summed E-state index contributed by atoms with van der Waals surface area (Å²) >= 11 is 0. The lowest BCUT2D eigenvalue weighted by Gasteiger charge is -2.27. The minimum Gasteiger partial charge on any atom is -0.299 e.